The number of rotatable bonds is 2. The average molecular weight is 318 g/mol. The number of hydrogen-bond donors (Lipinski definition) is 1. The minimum absolute atomic E-state index is 0.418. The van der Waals surface area contributed by atoms with Gasteiger partial charge in [-0.25, -0.2) is 0 Å². The molecule has 1 aromatic carbocycles. The van der Waals surface area contributed by atoms with Crippen molar-refractivity contribution in [2.24, 2.45) is 0 Å². The first-order valence-corrected chi connectivity index (χ1v) is 7.06. The second-order valence-electron chi connectivity index (χ2n) is 2.76. The van der Waals surface area contributed by atoms with Crippen LogP contribution in [0.2, 0.25) is 0 Å². The Bertz CT molecular complexity index is 349. The summed E-state index contributed by atoms with van der Waals surface area (Å²) in [6, 6.07) is 7.63. The summed E-state index contributed by atoms with van der Waals surface area (Å²) in [5.41, 5.74) is 0. The van der Waals surface area contributed by atoms with Gasteiger partial charge in [-0.15, -0.1) is 12.6 Å². The van der Waals surface area contributed by atoms with Crippen LogP contribution in [-0.2, 0) is 12.6 Å². The molecule has 17 heavy (non-hydrogen) atoms. The van der Waals surface area contributed by atoms with Gasteiger partial charge in [-0.1, -0.05) is 0 Å². The topological polar surface area (TPSA) is 9.23 Å². The van der Waals surface area contributed by atoms with Gasteiger partial charge in [-0.2, -0.15) is 0 Å². The summed E-state index contributed by atoms with van der Waals surface area (Å²) >= 11 is 7.29. The van der Waals surface area contributed by atoms with Gasteiger partial charge < -0.3 is 4.74 Å². The Morgan fingerprint density at radius 3 is 1.65 bits per heavy atom. The molecule has 0 aromatic heterocycles. The first-order valence-electron chi connectivity index (χ1n) is 3.89. The largest absolute Gasteiger partial charge is 0.483 e. The Morgan fingerprint density at radius 2 is 1.35 bits per heavy atom. The van der Waals surface area contributed by atoms with Crippen LogP contribution < -0.4 is 4.74 Å². The minimum Gasteiger partial charge on any atom is -0.483 e. The molecule has 0 radical (unpaired) electrons. The van der Waals surface area contributed by atoms with E-state index >= 15 is 0 Å². The van der Waals surface area contributed by atoms with Crippen LogP contribution in [0.5, 0.6) is 5.75 Å². The number of halogens is 6. The molecule has 0 aliphatic heterocycles. The van der Waals surface area contributed by atoms with E-state index in [4.69, 9.17) is 4.74 Å². The Hall–Kier alpha value is -0.270. The molecule has 1 rings (SSSR count). The van der Waals surface area contributed by atoms with Crippen LogP contribution in [0.1, 0.15) is 0 Å². The molecule has 1 nitrogen and oxygen atoms in total. The zero-order valence-corrected chi connectivity index (χ0v) is 10.9. The van der Waals surface area contributed by atoms with Crippen molar-refractivity contribution in [3.63, 3.8) is 0 Å². The van der Waals surface area contributed by atoms with E-state index in [1.54, 1.807) is 0 Å². The molecule has 10 heteroatoms. The second kappa shape index (κ2) is 4.78. The average Bonchev–Trinajstić information content (AvgIpc) is 2.04. The first-order chi connectivity index (χ1) is 7.28. The van der Waals surface area contributed by atoms with Crippen molar-refractivity contribution in [2.45, 2.75) is 4.90 Å². The fourth-order valence-corrected chi connectivity index (χ4v) is 0.941. The molecule has 102 valence electrons. The van der Waals surface area contributed by atoms with E-state index in [-0.39, 0.29) is 0 Å². The molecule has 0 heterocycles. The van der Waals surface area contributed by atoms with Crippen molar-refractivity contribution in [2.75, 3.05) is 5.94 Å². The maximum atomic E-state index is 9.87. The smallest absolute Gasteiger partial charge is 0.150 e. The summed E-state index contributed by atoms with van der Waals surface area (Å²) in [4.78, 5) is 1.05. The van der Waals surface area contributed by atoms with Crippen molar-refractivity contribution >= 4 is 33.1 Å². The van der Waals surface area contributed by atoms with Gasteiger partial charge in [-0.3, -0.25) is 0 Å². The Morgan fingerprint density at radius 1 is 1.00 bits per heavy atom. The van der Waals surface area contributed by atoms with Gasteiger partial charge in [0.1, 0.15) is 11.7 Å². The molecule has 0 N–H and O–H groups in total. The fraction of sp³-hybridized carbons (Fsp3) is 0.143. The third-order valence-corrected chi connectivity index (χ3v) is 1.55. The van der Waals surface area contributed by atoms with E-state index in [0.29, 0.717) is 5.94 Å². The van der Waals surface area contributed by atoms with Crippen LogP contribution >= 0.6 is 20.4 Å². The zero-order chi connectivity index (χ0) is 13.8. The summed E-state index contributed by atoms with van der Waals surface area (Å²) in [6.45, 7) is 0. The summed E-state index contributed by atoms with van der Waals surface area (Å²) < 4.78 is 64.3. The second-order valence-corrected chi connectivity index (χ2v) is 5.51. The molecule has 0 saturated heterocycles. The van der Waals surface area contributed by atoms with Gasteiger partial charge in [0.05, 0.1) is 0 Å². The Labute approximate surface area is 104 Å². The van der Waals surface area contributed by atoms with E-state index < -0.39 is 7.81 Å². The summed E-state index contributed by atoms with van der Waals surface area (Å²) in [5, 5.41) is 0. The summed E-state index contributed by atoms with van der Waals surface area (Å²) in [7, 11) is -10.7. The van der Waals surface area contributed by atoms with Crippen LogP contribution in [0, 0.1) is 0 Å². The van der Waals surface area contributed by atoms with Gasteiger partial charge in [0, 0.05) is 0 Å². The van der Waals surface area contributed by atoms with Crippen molar-refractivity contribution in [1.29, 1.82) is 0 Å². The number of ether oxygens (including phenoxy) is 1. The predicted octanol–water partition coefficient (Wildman–Crippen LogP) is 4.71. The van der Waals surface area contributed by atoms with Gasteiger partial charge in [0.2, 0.25) is 0 Å². The Kier molecular flexibility index (Phi) is 4.70. The van der Waals surface area contributed by atoms with Crippen LogP contribution in [0.3, 0.4) is 0 Å². The van der Waals surface area contributed by atoms with Crippen LogP contribution in [0.15, 0.2) is 29.2 Å². The van der Waals surface area contributed by atoms with Gasteiger partial charge in [0.25, 0.3) is 0 Å². The third kappa shape index (κ3) is 18.3. The quantitative estimate of drug-likeness (QED) is 0.273. The number of thiol groups is 1. The van der Waals surface area contributed by atoms with Gasteiger partial charge in [-0.05, 0) is 36.9 Å². The molecular formula is C7H9F6OPS2. The molecule has 0 fully saturated rings. The minimum atomic E-state index is -10.7. The zero-order valence-electron chi connectivity index (χ0n) is 8.09. The summed E-state index contributed by atoms with van der Waals surface area (Å²) in [5.74, 6) is 1.26. The van der Waals surface area contributed by atoms with Gasteiger partial charge in [0.15, 0.2) is 4.90 Å². The molecule has 0 atom stereocenters. The van der Waals surface area contributed by atoms with Crippen LogP contribution in [0.4, 0.5) is 25.2 Å². The van der Waals surface area contributed by atoms with E-state index in [2.05, 4.69) is 25.3 Å². The number of benzene rings is 1. The third-order valence-electron chi connectivity index (χ3n) is 1.09. The number of hydrogen-bond acceptors (Lipinski definition) is 2. The fourth-order valence-electron chi connectivity index (χ4n) is 0.626. The Balaban J connectivity index is 0.000000325. The molecule has 0 spiro atoms. The van der Waals surface area contributed by atoms with Crippen molar-refractivity contribution < 1.29 is 29.9 Å². The van der Waals surface area contributed by atoms with Crippen LogP contribution in [0.25, 0.3) is 0 Å². The molecule has 0 saturated carbocycles. The maximum absolute atomic E-state index is 10.7. The standard InChI is InChI=1S/C7H8OS2.F6P/c9-5-8-6-1-3-7(10)4-2-6;1-7(2,3,4,5)6/h1-4,9-10H,5H2;/q;-1/p+1. The van der Waals surface area contributed by atoms with E-state index in [9.17, 15) is 25.2 Å². The SMILES string of the molecule is F[P-](F)(F)(F)(F)F.SCOc1ccc([SH2+])cc1. The molecule has 0 aliphatic carbocycles. The summed E-state index contributed by atoms with van der Waals surface area (Å²) in [6.07, 6.45) is 0. The molecule has 1 aromatic rings. The van der Waals surface area contributed by atoms with Crippen molar-refractivity contribution in [3.05, 3.63) is 24.3 Å². The molecule has 0 unspecified atom stereocenters. The van der Waals surface area contributed by atoms with Gasteiger partial charge >= 0.3 is 33.0 Å². The van der Waals surface area contributed by atoms with E-state index in [0.717, 1.165) is 10.6 Å². The normalized spacial score (nSPS) is 15.1. The van der Waals surface area contributed by atoms with Crippen molar-refractivity contribution in [3.8, 4) is 5.75 Å². The van der Waals surface area contributed by atoms with Crippen LogP contribution in [-0.4, -0.2) is 5.94 Å². The predicted molar refractivity (Wildman–Crippen MR) is 62.9 cm³/mol. The maximum Gasteiger partial charge on any atom is 0.150 e. The monoisotopic (exact) mass is 318 g/mol. The molecular weight excluding hydrogens is 309 g/mol. The van der Waals surface area contributed by atoms with E-state index in [1.165, 1.54) is 0 Å². The molecule has 0 amide bonds. The molecule has 0 aliphatic rings. The van der Waals surface area contributed by atoms with E-state index in [1.807, 2.05) is 24.3 Å². The first kappa shape index (κ1) is 16.7. The van der Waals surface area contributed by atoms with Crippen molar-refractivity contribution in [1.82, 2.24) is 0 Å². The molecule has 0 bridgehead atoms.